The number of aryl methyl sites for hydroxylation is 1. The minimum atomic E-state index is -0.377. The van der Waals surface area contributed by atoms with Gasteiger partial charge in [-0.05, 0) is 31.0 Å². The number of hydrogen-bond acceptors (Lipinski definition) is 4. The number of aromatic nitrogens is 3. The minimum Gasteiger partial charge on any atom is -0.301 e. The molecule has 1 saturated carbocycles. The number of hydrogen-bond donors (Lipinski definition) is 0. The van der Waals surface area contributed by atoms with Crippen LogP contribution in [0.1, 0.15) is 44.9 Å². The largest absolute Gasteiger partial charge is 0.301 e. The standard InChI is InChI=1S/C13H10N4O2.C7H14/c1-9-14-7-5-13(15-9)16-8-6-10-11(16)3-2-4-12(10)17(18)19;1-7-5-3-2-4-6-7/h2-8H,1H3;7H,2-6H2,1H3. The lowest BCUT2D eigenvalue weighted by Crippen LogP contribution is -1.99. The lowest BCUT2D eigenvalue weighted by molar-refractivity contribution is -0.383. The summed E-state index contributed by atoms with van der Waals surface area (Å²) in [6, 6.07) is 8.50. The van der Waals surface area contributed by atoms with Crippen LogP contribution in [0.4, 0.5) is 5.69 Å². The molecule has 6 nitrogen and oxygen atoms in total. The second kappa shape index (κ2) is 8.08. The fourth-order valence-corrected chi connectivity index (χ4v) is 3.39. The molecule has 3 aromatic rings. The van der Waals surface area contributed by atoms with Crippen molar-refractivity contribution in [1.29, 1.82) is 0 Å². The minimum absolute atomic E-state index is 0.0991. The third-order valence-electron chi connectivity index (χ3n) is 4.81. The molecule has 0 amide bonds. The van der Waals surface area contributed by atoms with E-state index in [1.165, 1.54) is 38.2 Å². The quantitative estimate of drug-likeness (QED) is 0.468. The lowest BCUT2D eigenvalue weighted by atomic mass is 9.91. The molecule has 4 rings (SSSR count). The van der Waals surface area contributed by atoms with Crippen LogP contribution in [0.3, 0.4) is 0 Å². The van der Waals surface area contributed by atoms with Crippen LogP contribution in [0.5, 0.6) is 0 Å². The van der Waals surface area contributed by atoms with E-state index in [2.05, 4.69) is 16.9 Å². The van der Waals surface area contributed by atoms with Crippen LogP contribution in [0.25, 0.3) is 16.7 Å². The van der Waals surface area contributed by atoms with E-state index in [4.69, 9.17) is 0 Å². The Labute approximate surface area is 153 Å². The van der Waals surface area contributed by atoms with Gasteiger partial charge in [0, 0.05) is 18.5 Å². The van der Waals surface area contributed by atoms with Gasteiger partial charge in [0.2, 0.25) is 0 Å². The molecule has 0 radical (unpaired) electrons. The predicted octanol–water partition coefficient (Wildman–Crippen LogP) is 5.22. The number of nitrogens with zero attached hydrogens (tertiary/aromatic N) is 4. The summed E-state index contributed by atoms with van der Waals surface area (Å²) >= 11 is 0. The zero-order valence-corrected chi connectivity index (χ0v) is 15.3. The third-order valence-corrected chi connectivity index (χ3v) is 4.81. The third kappa shape index (κ3) is 4.07. The fraction of sp³-hybridized carbons (Fsp3) is 0.400. The lowest BCUT2D eigenvalue weighted by Gasteiger charge is -2.15. The van der Waals surface area contributed by atoms with E-state index in [0.29, 0.717) is 17.0 Å². The first-order chi connectivity index (χ1) is 12.6. The molecule has 1 aliphatic rings. The van der Waals surface area contributed by atoms with E-state index in [-0.39, 0.29) is 10.6 Å². The fourth-order valence-electron chi connectivity index (χ4n) is 3.39. The summed E-state index contributed by atoms with van der Waals surface area (Å²) in [5, 5.41) is 11.6. The average molecular weight is 352 g/mol. The van der Waals surface area contributed by atoms with Crippen LogP contribution in [-0.2, 0) is 0 Å². The maximum Gasteiger partial charge on any atom is 0.278 e. The van der Waals surface area contributed by atoms with Crippen molar-refractivity contribution in [3.8, 4) is 5.82 Å². The molecular weight excluding hydrogens is 328 g/mol. The highest BCUT2D eigenvalue weighted by Gasteiger charge is 2.14. The average Bonchev–Trinajstić information content (AvgIpc) is 3.07. The van der Waals surface area contributed by atoms with Crippen LogP contribution < -0.4 is 0 Å². The number of non-ortho nitro benzene ring substituents is 1. The monoisotopic (exact) mass is 352 g/mol. The van der Waals surface area contributed by atoms with Crippen molar-refractivity contribution in [2.45, 2.75) is 46.0 Å². The summed E-state index contributed by atoms with van der Waals surface area (Å²) in [4.78, 5) is 19.0. The zero-order valence-electron chi connectivity index (χ0n) is 15.3. The van der Waals surface area contributed by atoms with Crippen molar-refractivity contribution in [2.75, 3.05) is 0 Å². The van der Waals surface area contributed by atoms with Crippen molar-refractivity contribution >= 4 is 16.6 Å². The van der Waals surface area contributed by atoms with E-state index in [0.717, 1.165) is 11.4 Å². The van der Waals surface area contributed by atoms with Gasteiger partial charge < -0.3 is 4.57 Å². The summed E-state index contributed by atoms with van der Waals surface area (Å²) in [5.41, 5.74) is 0.856. The zero-order chi connectivity index (χ0) is 18.5. The Bertz CT molecular complexity index is 898. The molecule has 2 aromatic heterocycles. The Balaban J connectivity index is 0.000000236. The first-order valence-corrected chi connectivity index (χ1v) is 9.11. The second-order valence-corrected chi connectivity index (χ2v) is 6.86. The number of nitro benzene ring substituents is 1. The van der Waals surface area contributed by atoms with Gasteiger partial charge in [-0.2, -0.15) is 0 Å². The van der Waals surface area contributed by atoms with E-state index in [9.17, 15) is 10.1 Å². The molecule has 0 spiro atoms. The van der Waals surface area contributed by atoms with E-state index in [1.807, 2.05) is 10.6 Å². The Kier molecular flexibility index (Phi) is 5.61. The molecule has 1 fully saturated rings. The highest BCUT2D eigenvalue weighted by Crippen LogP contribution is 2.27. The van der Waals surface area contributed by atoms with Gasteiger partial charge >= 0.3 is 0 Å². The molecule has 136 valence electrons. The number of benzene rings is 1. The summed E-state index contributed by atoms with van der Waals surface area (Å²) in [6.45, 7) is 4.16. The number of nitro groups is 1. The Morgan fingerprint density at radius 2 is 1.92 bits per heavy atom. The molecule has 2 heterocycles. The molecule has 6 heteroatoms. The molecular formula is C20H24N4O2. The first kappa shape index (κ1) is 18.0. The van der Waals surface area contributed by atoms with E-state index >= 15 is 0 Å². The van der Waals surface area contributed by atoms with Crippen molar-refractivity contribution in [2.24, 2.45) is 5.92 Å². The van der Waals surface area contributed by atoms with Crippen LogP contribution in [0.2, 0.25) is 0 Å². The SMILES string of the molecule is CC1CCCCC1.Cc1nccc(-n2ccc3c([N+](=O)[O-])cccc32)n1. The van der Waals surface area contributed by atoms with Gasteiger partial charge in [0.1, 0.15) is 11.6 Å². The summed E-state index contributed by atoms with van der Waals surface area (Å²) in [7, 11) is 0. The maximum atomic E-state index is 11.0. The predicted molar refractivity (Wildman–Crippen MR) is 103 cm³/mol. The smallest absolute Gasteiger partial charge is 0.278 e. The summed E-state index contributed by atoms with van der Waals surface area (Å²) < 4.78 is 1.82. The summed E-state index contributed by atoms with van der Waals surface area (Å²) in [5.74, 6) is 2.39. The Morgan fingerprint density at radius 3 is 2.54 bits per heavy atom. The van der Waals surface area contributed by atoms with Crippen molar-refractivity contribution in [3.05, 3.63) is 58.7 Å². The van der Waals surface area contributed by atoms with Crippen molar-refractivity contribution in [1.82, 2.24) is 14.5 Å². The molecule has 0 bridgehead atoms. The molecule has 0 unspecified atom stereocenters. The van der Waals surface area contributed by atoms with Crippen LogP contribution >= 0.6 is 0 Å². The van der Waals surface area contributed by atoms with Crippen LogP contribution in [0.15, 0.2) is 42.7 Å². The van der Waals surface area contributed by atoms with Gasteiger partial charge in [0.25, 0.3) is 5.69 Å². The second-order valence-electron chi connectivity index (χ2n) is 6.86. The van der Waals surface area contributed by atoms with E-state index in [1.54, 1.807) is 37.5 Å². The van der Waals surface area contributed by atoms with Crippen molar-refractivity contribution < 1.29 is 4.92 Å². The number of fused-ring (bicyclic) bond motifs is 1. The van der Waals surface area contributed by atoms with Gasteiger partial charge in [0.15, 0.2) is 0 Å². The Morgan fingerprint density at radius 1 is 1.15 bits per heavy atom. The van der Waals surface area contributed by atoms with Crippen LogP contribution in [0, 0.1) is 23.0 Å². The molecule has 0 atom stereocenters. The van der Waals surface area contributed by atoms with Gasteiger partial charge in [-0.3, -0.25) is 10.1 Å². The highest BCUT2D eigenvalue weighted by atomic mass is 16.6. The molecule has 0 aliphatic heterocycles. The molecule has 0 N–H and O–H groups in total. The number of rotatable bonds is 2. The molecule has 0 saturated heterocycles. The van der Waals surface area contributed by atoms with Gasteiger partial charge in [0.05, 0.1) is 15.8 Å². The molecule has 1 aromatic carbocycles. The molecule has 1 aliphatic carbocycles. The highest BCUT2D eigenvalue weighted by molar-refractivity contribution is 5.90. The Hall–Kier alpha value is -2.76. The normalized spacial score (nSPS) is 14.7. The van der Waals surface area contributed by atoms with Gasteiger partial charge in [-0.25, -0.2) is 9.97 Å². The van der Waals surface area contributed by atoms with Crippen LogP contribution in [-0.4, -0.2) is 19.5 Å². The van der Waals surface area contributed by atoms with Crippen molar-refractivity contribution in [3.63, 3.8) is 0 Å². The first-order valence-electron chi connectivity index (χ1n) is 9.11. The summed E-state index contributed by atoms with van der Waals surface area (Å²) in [6.07, 6.45) is 10.9. The topological polar surface area (TPSA) is 73.8 Å². The molecule has 26 heavy (non-hydrogen) atoms. The van der Waals surface area contributed by atoms with Gasteiger partial charge in [-0.1, -0.05) is 45.1 Å². The maximum absolute atomic E-state index is 11.0. The van der Waals surface area contributed by atoms with E-state index < -0.39 is 0 Å². The van der Waals surface area contributed by atoms with Gasteiger partial charge in [-0.15, -0.1) is 0 Å².